The Morgan fingerprint density at radius 2 is 1.85 bits per heavy atom. The summed E-state index contributed by atoms with van der Waals surface area (Å²) in [6, 6.07) is 8.39. The van der Waals surface area contributed by atoms with Crippen molar-refractivity contribution in [3.63, 3.8) is 0 Å². The van der Waals surface area contributed by atoms with Crippen molar-refractivity contribution < 1.29 is 0 Å². The standard InChI is InChI=1S/C11H18N2/c1-2-3-9-4-6-10(7-5-9)11(13)8-12/h4-7,11H,2-3,8,12-13H2,1H3. The van der Waals surface area contributed by atoms with E-state index >= 15 is 0 Å². The first kappa shape index (κ1) is 10.2. The highest BCUT2D eigenvalue weighted by atomic mass is 14.7. The summed E-state index contributed by atoms with van der Waals surface area (Å²) in [5, 5.41) is 0. The molecular weight excluding hydrogens is 160 g/mol. The summed E-state index contributed by atoms with van der Waals surface area (Å²) in [4.78, 5) is 0. The molecule has 2 nitrogen and oxygen atoms in total. The zero-order valence-electron chi connectivity index (χ0n) is 8.16. The summed E-state index contributed by atoms with van der Waals surface area (Å²) >= 11 is 0. The summed E-state index contributed by atoms with van der Waals surface area (Å²) in [6.07, 6.45) is 2.32. The lowest BCUT2D eigenvalue weighted by Gasteiger charge is -2.09. The third-order valence-electron chi connectivity index (χ3n) is 2.20. The monoisotopic (exact) mass is 178 g/mol. The van der Waals surface area contributed by atoms with Crippen molar-refractivity contribution in [3.05, 3.63) is 35.4 Å². The van der Waals surface area contributed by atoms with Gasteiger partial charge in [-0.05, 0) is 17.5 Å². The van der Waals surface area contributed by atoms with Crippen LogP contribution in [0.25, 0.3) is 0 Å². The molecule has 1 aromatic rings. The minimum absolute atomic E-state index is 0.0179. The number of benzene rings is 1. The Morgan fingerprint density at radius 1 is 1.23 bits per heavy atom. The van der Waals surface area contributed by atoms with Gasteiger partial charge in [0.25, 0.3) is 0 Å². The summed E-state index contributed by atoms with van der Waals surface area (Å²) in [5.74, 6) is 0. The van der Waals surface area contributed by atoms with E-state index in [9.17, 15) is 0 Å². The zero-order chi connectivity index (χ0) is 9.68. The molecular formula is C11H18N2. The first-order chi connectivity index (χ1) is 6.27. The van der Waals surface area contributed by atoms with Gasteiger partial charge >= 0.3 is 0 Å². The molecule has 0 aliphatic rings. The molecule has 0 aromatic heterocycles. The highest BCUT2D eigenvalue weighted by molar-refractivity contribution is 5.25. The lowest BCUT2D eigenvalue weighted by Crippen LogP contribution is -2.20. The van der Waals surface area contributed by atoms with E-state index < -0.39 is 0 Å². The van der Waals surface area contributed by atoms with E-state index in [-0.39, 0.29) is 6.04 Å². The van der Waals surface area contributed by atoms with Crippen LogP contribution < -0.4 is 11.5 Å². The van der Waals surface area contributed by atoms with E-state index in [1.807, 2.05) is 0 Å². The maximum atomic E-state index is 5.79. The molecule has 0 amide bonds. The number of aryl methyl sites for hydroxylation is 1. The van der Waals surface area contributed by atoms with Crippen molar-refractivity contribution in [3.8, 4) is 0 Å². The van der Waals surface area contributed by atoms with Gasteiger partial charge in [-0.1, -0.05) is 37.6 Å². The molecule has 1 unspecified atom stereocenters. The minimum atomic E-state index is -0.0179. The Labute approximate surface area is 79.9 Å². The molecule has 0 bridgehead atoms. The van der Waals surface area contributed by atoms with Crippen LogP contribution in [-0.4, -0.2) is 6.54 Å². The molecule has 1 rings (SSSR count). The molecule has 1 aromatic carbocycles. The minimum Gasteiger partial charge on any atom is -0.329 e. The fourth-order valence-electron chi connectivity index (χ4n) is 1.36. The predicted molar refractivity (Wildman–Crippen MR) is 56.4 cm³/mol. The lowest BCUT2D eigenvalue weighted by atomic mass is 10.0. The van der Waals surface area contributed by atoms with Crippen LogP contribution in [0.5, 0.6) is 0 Å². The Balaban J connectivity index is 2.69. The first-order valence-corrected chi connectivity index (χ1v) is 4.82. The van der Waals surface area contributed by atoms with Crippen molar-refractivity contribution >= 4 is 0 Å². The van der Waals surface area contributed by atoms with E-state index in [1.54, 1.807) is 0 Å². The van der Waals surface area contributed by atoms with Crippen molar-refractivity contribution in [2.24, 2.45) is 11.5 Å². The van der Waals surface area contributed by atoms with Gasteiger partial charge in [0.15, 0.2) is 0 Å². The molecule has 0 radical (unpaired) electrons. The van der Waals surface area contributed by atoms with Crippen LogP contribution in [0.15, 0.2) is 24.3 Å². The molecule has 2 heteroatoms. The molecule has 72 valence electrons. The van der Waals surface area contributed by atoms with Gasteiger partial charge in [0.05, 0.1) is 0 Å². The molecule has 0 aliphatic carbocycles. The van der Waals surface area contributed by atoms with Crippen LogP contribution in [0.1, 0.15) is 30.5 Å². The van der Waals surface area contributed by atoms with Crippen LogP contribution in [0.3, 0.4) is 0 Å². The maximum Gasteiger partial charge on any atom is 0.0419 e. The van der Waals surface area contributed by atoms with Gasteiger partial charge in [0, 0.05) is 12.6 Å². The van der Waals surface area contributed by atoms with E-state index in [0.717, 1.165) is 12.0 Å². The summed E-state index contributed by atoms with van der Waals surface area (Å²) in [5.41, 5.74) is 13.8. The van der Waals surface area contributed by atoms with Crippen molar-refractivity contribution in [2.75, 3.05) is 6.54 Å². The van der Waals surface area contributed by atoms with Crippen LogP contribution in [0.2, 0.25) is 0 Å². The van der Waals surface area contributed by atoms with Gasteiger partial charge in [0.1, 0.15) is 0 Å². The fourth-order valence-corrected chi connectivity index (χ4v) is 1.36. The summed E-state index contributed by atoms with van der Waals surface area (Å²) < 4.78 is 0. The van der Waals surface area contributed by atoms with E-state index in [2.05, 4.69) is 31.2 Å². The maximum absolute atomic E-state index is 5.79. The van der Waals surface area contributed by atoms with E-state index in [0.29, 0.717) is 6.54 Å². The van der Waals surface area contributed by atoms with Crippen molar-refractivity contribution in [1.82, 2.24) is 0 Å². The van der Waals surface area contributed by atoms with Crippen LogP contribution >= 0.6 is 0 Å². The number of hydrogen-bond acceptors (Lipinski definition) is 2. The molecule has 0 heterocycles. The number of hydrogen-bond donors (Lipinski definition) is 2. The molecule has 1 atom stereocenters. The molecule has 4 N–H and O–H groups in total. The Hall–Kier alpha value is -0.860. The summed E-state index contributed by atoms with van der Waals surface area (Å²) in [7, 11) is 0. The van der Waals surface area contributed by atoms with E-state index in [1.165, 1.54) is 12.0 Å². The number of nitrogens with two attached hydrogens (primary N) is 2. The van der Waals surface area contributed by atoms with Gasteiger partial charge in [-0.2, -0.15) is 0 Å². The molecule has 13 heavy (non-hydrogen) atoms. The molecule has 0 aliphatic heterocycles. The first-order valence-electron chi connectivity index (χ1n) is 4.82. The van der Waals surface area contributed by atoms with Crippen LogP contribution in [0.4, 0.5) is 0 Å². The quantitative estimate of drug-likeness (QED) is 0.735. The largest absolute Gasteiger partial charge is 0.329 e. The topological polar surface area (TPSA) is 52.0 Å². The molecule has 0 fully saturated rings. The SMILES string of the molecule is CCCc1ccc(C(N)CN)cc1. The van der Waals surface area contributed by atoms with Gasteiger partial charge in [-0.15, -0.1) is 0 Å². The third kappa shape index (κ3) is 2.83. The second-order valence-electron chi connectivity index (χ2n) is 3.33. The summed E-state index contributed by atoms with van der Waals surface area (Å²) in [6.45, 7) is 2.69. The van der Waals surface area contributed by atoms with Gasteiger partial charge in [-0.25, -0.2) is 0 Å². The van der Waals surface area contributed by atoms with Crippen LogP contribution in [-0.2, 0) is 6.42 Å². The molecule has 0 saturated carbocycles. The molecule has 0 saturated heterocycles. The van der Waals surface area contributed by atoms with Gasteiger partial charge in [-0.3, -0.25) is 0 Å². The normalized spacial score (nSPS) is 12.8. The Bertz CT molecular complexity index is 241. The third-order valence-corrected chi connectivity index (χ3v) is 2.20. The molecule has 0 spiro atoms. The average Bonchev–Trinajstić information content (AvgIpc) is 2.18. The van der Waals surface area contributed by atoms with Crippen LogP contribution in [0, 0.1) is 0 Å². The Kier molecular flexibility index (Phi) is 3.93. The smallest absolute Gasteiger partial charge is 0.0419 e. The van der Waals surface area contributed by atoms with Gasteiger partial charge in [0.2, 0.25) is 0 Å². The van der Waals surface area contributed by atoms with Crippen molar-refractivity contribution in [1.29, 1.82) is 0 Å². The number of rotatable bonds is 4. The second kappa shape index (κ2) is 5.00. The lowest BCUT2D eigenvalue weighted by molar-refractivity contribution is 0.736. The average molecular weight is 178 g/mol. The Morgan fingerprint density at radius 3 is 2.31 bits per heavy atom. The van der Waals surface area contributed by atoms with Crippen molar-refractivity contribution in [2.45, 2.75) is 25.8 Å². The second-order valence-corrected chi connectivity index (χ2v) is 3.33. The highest BCUT2D eigenvalue weighted by Crippen LogP contribution is 2.11. The fraction of sp³-hybridized carbons (Fsp3) is 0.455. The van der Waals surface area contributed by atoms with E-state index in [4.69, 9.17) is 11.5 Å². The predicted octanol–water partition coefficient (Wildman–Crippen LogP) is 1.60. The highest BCUT2D eigenvalue weighted by Gasteiger charge is 2.01. The van der Waals surface area contributed by atoms with Gasteiger partial charge < -0.3 is 11.5 Å². The zero-order valence-corrected chi connectivity index (χ0v) is 8.16.